The maximum Gasteiger partial charge on any atom is 0.244 e. The number of ether oxygens (including phenoxy) is 2. The summed E-state index contributed by atoms with van der Waals surface area (Å²) >= 11 is 1.30. The molecule has 0 fully saturated rings. The number of fused-ring (bicyclic) bond motifs is 1. The van der Waals surface area contributed by atoms with Crippen molar-refractivity contribution in [1.82, 2.24) is 14.9 Å². The SMILES string of the molecule is CCCCc1nnc(NC(=O)C(NS(=O)(=O)c2ccc3c(c2)OCCCO3)C(C)C)s1. The Morgan fingerprint density at radius 3 is 2.65 bits per heavy atom. The number of amides is 1. The molecule has 1 unspecified atom stereocenters. The van der Waals surface area contributed by atoms with Crippen LogP contribution in [-0.4, -0.2) is 43.8 Å². The predicted octanol–water partition coefficient (Wildman–Crippen LogP) is 2.98. The third-order valence-corrected chi connectivity index (χ3v) is 7.04. The van der Waals surface area contributed by atoms with Gasteiger partial charge in [-0.25, -0.2) is 8.42 Å². The van der Waals surface area contributed by atoms with Crippen molar-refractivity contribution in [2.24, 2.45) is 5.92 Å². The van der Waals surface area contributed by atoms with E-state index < -0.39 is 22.0 Å². The van der Waals surface area contributed by atoms with Crippen molar-refractivity contribution >= 4 is 32.4 Å². The summed E-state index contributed by atoms with van der Waals surface area (Å²) in [6, 6.07) is 3.45. The number of anilines is 1. The second-order valence-corrected chi connectivity index (χ2v) is 10.4. The zero-order valence-corrected chi connectivity index (χ0v) is 19.5. The Hall–Kier alpha value is -2.24. The number of unbranched alkanes of at least 4 members (excludes halogenated alkanes) is 1. The normalized spacial score (nSPS) is 14.8. The Bertz CT molecular complexity index is 1010. The summed E-state index contributed by atoms with van der Waals surface area (Å²) in [5.74, 6) is 0.109. The Balaban J connectivity index is 1.73. The molecule has 1 aliphatic rings. The summed E-state index contributed by atoms with van der Waals surface area (Å²) in [5.41, 5.74) is 0. The summed E-state index contributed by atoms with van der Waals surface area (Å²) in [5, 5.41) is 11.9. The first-order chi connectivity index (χ1) is 14.8. The molecule has 31 heavy (non-hydrogen) atoms. The Morgan fingerprint density at radius 2 is 1.94 bits per heavy atom. The van der Waals surface area contributed by atoms with Crippen LogP contribution in [0, 0.1) is 5.92 Å². The molecule has 0 saturated carbocycles. The van der Waals surface area contributed by atoms with Gasteiger partial charge in [-0.05, 0) is 24.5 Å². The van der Waals surface area contributed by atoms with Crippen LogP contribution in [-0.2, 0) is 21.2 Å². The second-order valence-electron chi connectivity index (χ2n) is 7.60. The highest BCUT2D eigenvalue weighted by molar-refractivity contribution is 7.89. The van der Waals surface area contributed by atoms with Gasteiger partial charge in [0.25, 0.3) is 0 Å². The van der Waals surface area contributed by atoms with E-state index in [1.807, 2.05) is 0 Å². The van der Waals surface area contributed by atoms with Crippen molar-refractivity contribution in [3.8, 4) is 11.5 Å². The summed E-state index contributed by atoms with van der Waals surface area (Å²) in [7, 11) is -3.97. The fourth-order valence-electron chi connectivity index (χ4n) is 2.95. The number of aromatic nitrogens is 2. The minimum absolute atomic E-state index is 0.00738. The van der Waals surface area contributed by atoms with E-state index in [1.54, 1.807) is 19.9 Å². The van der Waals surface area contributed by atoms with Crippen LogP contribution in [0.1, 0.15) is 45.0 Å². The van der Waals surface area contributed by atoms with E-state index in [0.717, 1.165) is 30.7 Å². The lowest BCUT2D eigenvalue weighted by atomic mass is 10.1. The smallest absolute Gasteiger partial charge is 0.244 e. The number of nitrogens with zero attached hydrogens (tertiary/aromatic N) is 2. The molecule has 1 amide bonds. The van der Waals surface area contributed by atoms with Crippen LogP contribution >= 0.6 is 11.3 Å². The minimum atomic E-state index is -3.97. The Morgan fingerprint density at radius 1 is 1.19 bits per heavy atom. The maximum atomic E-state index is 13.0. The van der Waals surface area contributed by atoms with Gasteiger partial charge >= 0.3 is 0 Å². The molecule has 3 rings (SSSR count). The lowest BCUT2D eigenvalue weighted by Gasteiger charge is -2.21. The molecule has 9 nitrogen and oxygen atoms in total. The molecule has 1 aromatic carbocycles. The number of rotatable bonds is 9. The second kappa shape index (κ2) is 10.4. The fourth-order valence-corrected chi connectivity index (χ4v) is 5.10. The van der Waals surface area contributed by atoms with E-state index in [0.29, 0.717) is 29.8 Å². The van der Waals surface area contributed by atoms with Crippen molar-refractivity contribution in [3.05, 3.63) is 23.2 Å². The maximum absolute atomic E-state index is 13.0. The lowest BCUT2D eigenvalue weighted by Crippen LogP contribution is -2.47. The van der Waals surface area contributed by atoms with E-state index >= 15 is 0 Å². The standard InChI is InChI=1S/C20H28N4O5S2/c1-4-5-7-17-22-23-20(30-17)21-19(25)18(13(2)3)24-31(26,27)14-8-9-15-16(12-14)29-11-6-10-28-15/h8-9,12-13,18,24H,4-7,10-11H2,1-3H3,(H,21,23,25). The number of carbonyl (C=O) groups is 1. The molecule has 0 bridgehead atoms. The molecule has 2 N–H and O–H groups in total. The van der Waals surface area contributed by atoms with Crippen molar-refractivity contribution in [1.29, 1.82) is 0 Å². The van der Waals surface area contributed by atoms with Gasteiger partial charge in [0.05, 0.1) is 18.1 Å². The van der Waals surface area contributed by atoms with Gasteiger partial charge < -0.3 is 9.47 Å². The van der Waals surface area contributed by atoms with Gasteiger partial charge in [-0.3, -0.25) is 10.1 Å². The van der Waals surface area contributed by atoms with Crippen molar-refractivity contribution in [2.45, 2.75) is 57.4 Å². The number of benzene rings is 1. The average Bonchev–Trinajstić information content (AvgIpc) is 3.03. The molecule has 2 aromatic rings. The third kappa shape index (κ3) is 6.14. The molecule has 1 aliphatic heterocycles. The first kappa shape index (κ1) is 23.4. The molecule has 1 atom stereocenters. The molecule has 0 saturated heterocycles. The summed E-state index contributed by atoms with van der Waals surface area (Å²) in [4.78, 5) is 12.8. The average molecular weight is 469 g/mol. The van der Waals surface area contributed by atoms with Gasteiger partial charge in [0.1, 0.15) is 11.0 Å². The molecule has 0 aliphatic carbocycles. The molecule has 170 valence electrons. The zero-order chi connectivity index (χ0) is 22.4. The molecule has 0 radical (unpaired) electrons. The van der Waals surface area contributed by atoms with Gasteiger partial charge in [0.15, 0.2) is 11.5 Å². The summed E-state index contributed by atoms with van der Waals surface area (Å²) in [6.45, 7) is 6.59. The highest BCUT2D eigenvalue weighted by atomic mass is 32.2. The van der Waals surface area contributed by atoms with Crippen LogP contribution in [0.4, 0.5) is 5.13 Å². The van der Waals surface area contributed by atoms with Crippen molar-refractivity contribution in [2.75, 3.05) is 18.5 Å². The lowest BCUT2D eigenvalue weighted by molar-refractivity contribution is -0.118. The van der Waals surface area contributed by atoms with E-state index in [-0.39, 0.29) is 10.8 Å². The van der Waals surface area contributed by atoms with Crippen LogP contribution in [0.15, 0.2) is 23.1 Å². The number of aryl methyl sites for hydroxylation is 1. The quantitative estimate of drug-likeness (QED) is 0.580. The van der Waals surface area contributed by atoms with E-state index in [4.69, 9.17) is 9.47 Å². The number of nitrogens with one attached hydrogen (secondary N) is 2. The van der Waals surface area contributed by atoms with Crippen LogP contribution in [0.5, 0.6) is 11.5 Å². The topological polar surface area (TPSA) is 120 Å². The number of hydrogen-bond acceptors (Lipinski definition) is 8. The van der Waals surface area contributed by atoms with E-state index in [2.05, 4.69) is 27.2 Å². The minimum Gasteiger partial charge on any atom is -0.490 e. The van der Waals surface area contributed by atoms with Crippen LogP contribution in [0.25, 0.3) is 0 Å². The Kier molecular flexibility index (Phi) is 7.84. The highest BCUT2D eigenvalue weighted by Crippen LogP contribution is 2.32. The van der Waals surface area contributed by atoms with Gasteiger partial charge in [0.2, 0.25) is 21.1 Å². The van der Waals surface area contributed by atoms with Crippen LogP contribution in [0.3, 0.4) is 0 Å². The van der Waals surface area contributed by atoms with E-state index in [1.165, 1.54) is 23.5 Å². The number of sulfonamides is 1. The van der Waals surface area contributed by atoms with Crippen LogP contribution in [0.2, 0.25) is 0 Å². The van der Waals surface area contributed by atoms with Crippen molar-refractivity contribution < 1.29 is 22.7 Å². The van der Waals surface area contributed by atoms with Crippen molar-refractivity contribution in [3.63, 3.8) is 0 Å². The van der Waals surface area contributed by atoms with Gasteiger partial charge in [-0.2, -0.15) is 4.72 Å². The summed E-state index contributed by atoms with van der Waals surface area (Å²) < 4.78 is 39.6. The number of carbonyl (C=O) groups excluding carboxylic acids is 1. The molecular formula is C20H28N4O5S2. The van der Waals surface area contributed by atoms with Crippen LogP contribution < -0.4 is 19.5 Å². The Labute approximate surface area is 186 Å². The number of hydrogen-bond donors (Lipinski definition) is 2. The largest absolute Gasteiger partial charge is 0.490 e. The molecule has 2 heterocycles. The van der Waals surface area contributed by atoms with Gasteiger partial charge in [0, 0.05) is 18.9 Å². The fraction of sp³-hybridized carbons (Fsp3) is 0.550. The third-order valence-electron chi connectivity index (χ3n) is 4.70. The molecule has 1 aromatic heterocycles. The first-order valence-corrected chi connectivity index (χ1v) is 12.7. The molecule has 11 heteroatoms. The predicted molar refractivity (Wildman–Crippen MR) is 118 cm³/mol. The monoisotopic (exact) mass is 468 g/mol. The zero-order valence-electron chi connectivity index (χ0n) is 17.9. The van der Waals surface area contributed by atoms with Gasteiger partial charge in [-0.1, -0.05) is 38.5 Å². The molecule has 0 spiro atoms. The molecular weight excluding hydrogens is 440 g/mol. The summed E-state index contributed by atoms with van der Waals surface area (Å²) in [6.07, 6.45) is 3.55. The van der Waals surface area contributed by atoms with E-state index in [9.17, 15) is 13.2 Å². The first-order valence-electron chi connectivity index (χ1n) is 10.4. The highest BCUT2D eigenvalue weighted by Gasteiger charge is 2.30. The van der Waals surface area contributed by atoms with Gasteiger partial charge in [-0.15, -0.1) is 10.2 Å².